The van der Waals surface area contributed by atoms with E-state index in [1.165, 1.54) is 12.8 Å². The van der Waals surface area contributed by atoms with E-state index in [-0.39, 0.29) is 0 Å². The van der Waals surface area contributed by atoms with Crippen LogP contribution in [0.25, 0.3) is 0 Å². The van der Waals surface area contributed by atoms with Crippen molar-refractivity contribution in [3.63, 3.8) is 0 Å². The third-order valence-corrected chi connectivity index (χ3v) is 3.41. The van der Waals surface area contributed by atoms with Gasteiger partial charge in [0.15, 0.2) is 0 Å². The topological polar surface area (TPSA) is 43.4 Å². The number of anilines is 1. The molecule has 0 amide bonds. The molecule has 0 aromatic carbocycles. The first-order chi connectivity index (χ1) is 8.28. The normalized spacial score (nSPS) is 16.6. The van der Waals surface area contributed by atoms with Gasteiger partial charge in [0.25, 0.3) is 0 Å². The van der Waals surface area contributed by atoms with E-state index in [1.807, 2.05) is 12.1 Å². The fraction of sp³-hybridized carbons (Fsp3) is 0.615. The molecule has 0 atom stereocenters. The lowest BCUT2D eigenvalue weighted by Gasteiger charge is -2.15. The summed E-state index contributed by atoms with van der Waals surface area (Å²) in [5.74, 6) is 1.70. The molecule has 1 heterocycles. The van der Waals surface area contributed by atoms with Crippen LogP contribution in [-0.4, -0.2) is 32.4 Å². The maximum Gasteiger partial charge on any atom is 0.137 e. The average molecular weight is 236 g/mol. The minimum Gasteiger partial charge on any atom is -0.495 e. The van der Waals surface area contributed by atoms with Gasteiger partial charge in [-0.25, -0.2) is 4.98 Å². The van der Waals surface area contributed by atoms with E-state index in [1.54, 1.807) is 20.4 Å². The number of ether oxygens (including phenoxy) is 2. The molecule has 1 saturated carbocycles. The molecule has 1 aromatic rings. The quantitative estimate of drug-likeness (QED) is 0.789. The lowest BCUT2D eigenvalue weighted by Crippen LogP contribution is -2.17. The molecule has 17 heavy (non-hydrogen) atoms. The van der Waals surface area contributed by atoms with Crippen LogP contribution >= 0.6 is 0 Å². The Morgan fingerprint density at radius 3 is 2.71 bits per heavy atom. The second kappa shape index (κ2) is 5.36. The van der Waals surface area contributed by atoms with Gasteiger partial charge in [-0.15, -0.1) is 0 Å². The Hall–Kier alpha value is -1.29. The lowest BCUT2D eigenvalue weighted by molar-refractivity contribution is 0.175. The van der Waals surface area contributed by atoms with Crippen LogP contribution in [0.4, 0.5) is 5.82 Å². The number of aromatic nitrogens is 1. The first-order valence-corrected chi connectivity index (χ1v) is 6.01. The Morgan fingerprint density at radius 2 is 2.18 bits per heavy atom. The van der Waals surface area contributed by atoms with Gasteiger partial charge >= 0.3 is 0 Å². The summed E-state index contributed by atoms with van der Waals surface area (Å²) < 4.78 is 10.2. The van der Waals surface area contributed by atoms with Crippen molar-refractivity contribution < 1.29 is 9.47 Å². The summed E-state index contributed by atoms with van der Waals surface area (Å²) >= 11 is 0. The smallest absolute Gasteiger partial charge is 0.137 e. The first-order valence-electron chi connectivity index (χ1n) is 6.01. The maximum absolute atomic E-state index is 5.14. The first kappa shape index (κ1) is 12.2. The molecule has 0 radical (unpaired) electrons. The molecule has 1 aliphatic rings. The van der Waals surface area contributed by atoms with Crippen LogP contribution in [0.5, 0.6) is 5.75 Å². The van der Waals surface area contributed by atoms with E-state index in [0.717, 1.165) is 31.1 Å². The maximum atomic E-state index is 5.14. The third-order valence-electron chi connectivity index (χ3n) is 3.41. The summed E-state index contributed by atoms with van der Waals surface area (Å²) in [6.07, 6.45) is 5.45. The van der Waals surface area contributed by atoms with Crippen molar-refractivity contribution in [3.8, 4) is 5.75 Å². The van der Waals surface area contributed by atoms with Crippen molar-refractivity contribution in [2.45, 2.75) is 19.3 Å². The van der Waals surface area contributed by atoms with Crippen molar-refractivity contribution in [2.75, 3.05) is 32.7 Å². The monoisotopic (exact) mass is 236 g/mol. The predicted octanol–water partition coefficient (Wildman–Crippen LogP) is 2.32. The molecule has 0 bridgehead atoms. The molecule has 0 spiro atoms. The third kappa shape index (κ3) is 3.33. The highest BCUT2D eigenvalue weighted by atomic mass is 16.5. The molecule has 0 saturated heterocycles. The molecule has 2 rings (SSSR count). The number of rotatable bonds is 7. The van der Waals surface area contributed by atoms with Crippen LogP contribution in [0.3, 0.4) is 0 Å². The number of nitrogens with zero attached hydrogens (tertiary/aromatic N) is 1. The average Bonchev–Trinajstić information content (AvgIpc) is 3.15. The van der Waals surface area contributed by atoms with E-state index in [9.17, 15) is 0 Å². The van der Waals surface area contributed by atoms with Crippen LogP contribution in [-0.2, 0) is 4.74 Å². The number of methoxy groups -OCH3 is 2. The molecule has 1 fully saturated rings. The van der Waals surface area contributed by atoms with Crippen molar-refractivity contribution >= 4 is 5.82 Å². The minimum atomic E-state index is 0.442. The van der Waals surface area contributed by atoms with Crippen LogP contribution in [0, 0.1) is 5.41 Å². The zero-order chi connectivity index (χ0) is 12.1. The number of hydrogen-bond donors (Lipinski definition) is 1. The second-order valence-corrected chi connectivity index (χ2v) is 4.68. The highest BCUT2D eigenvalue weighted by molar-refractivity contribution is 5.38. The molecule has 4 nitrogen and oxygen atoms in total. The van der Waals surface area contributed by atoms with E-state index in [4.69, 9.17) is 9.47 Å². The molecule has 4 heteroatoms. The molecule has 0 unspecified atom stereocenters. The van der Waals surface area contributed by atoms with Crippen LogP contribution < -0.4 is 10.1 Å². The lowest BCUT2D eigenvalue weighted by atomic mass is 10.0. The van der Waals surface area contributed by atoms with E-state index >= 15 is 0 Å². The fourth-order valence-corrected chi connectivity index (χ4v) is 1.89. The van der Waals surface area contributed by atoms with Crippen LogP contribution in [0.1, 0.15) is 19.3 Å². The second-order valence-electron chi connectivity index (χ2n) is 4.68. The Balaban J connectivity index is 1.81. The summed E-state index contributed by atoms with van der Waals surface area (Å²) in [4.78, 5) is 4.29. The molecule has 1 aliphatic carbocycles. The standard InChI is InChI=1S/C13H20N2O2/c1-16-8-7-13(5-6-13)10-15-12-4-3-11(17-2)9-14-12/h3-4,9H,5-8,10H2,1-2H3,(H,14,15). The molecule has 1 N–H and O–H groups in total. The molecule has 94 valence electrons. The predicted molar refractivity (Wildman–Crippen MR) is 67.4 cm³/mol. The van der Waals surface area contributed by atoms with E-state index in [2.05, 4.69) is 10.3 Å². The SMILES string of the molecule is COCCC1(CNc2ccc(OC)cn2)CC1. The van der Waals surface area contributed by atoms with Gasteiger partial charge in [0, 0.05) is 20.3 Å². The number of nitrogens with one attached hydrogen (secondary N) is 1. The van der Waals surface area contributed by atoms with Gasteiger partial charge < -0.3 is 14.8 Å². The highest BCUT2D eigenvalue weighted by Crippen LogP contribution is 2.48. The Morgan fingerprint density at radius 1 is 1.35 bits per heavy atom. The summed E-state index contributed by atoms with van der Waals surface area (Å²) in [6.45, 7) is 1.83. The summed E-state index contributed by atoms with van der Waals surface area (Å²) in [5, 5.41) is 3.39. The Bertz CT molecular complexity index is 347. The van der Waals surface area contributed by atoms with Crippen molar-refractivity contribution in [1.29, 1.82) is 0 Å². The fourth-order valence-electron chi connectivity index (χ4n) is 1.89. The Kier molecular flexibility index (Phi) is 3.84. The molecule has 1 aromatic heterocycles. The number of pyridine rings is 1. The van der Waals surface area contributed by atoms with Gasteiger partial charge in [-0.2, -0.15) is 0 Å². The summed E-state index contributed by atoms with van der Waals surface area (Å²) in [5.41, 5.74) is 0.442. The zero-order valence-corrected chi connectivity index (χ0v) is 10.5. The Labute approximate surface area is 102 Å². The highest BCUT2D eigenvalue weighted by Gasteiger charge is 2.41. The molecule has 0 aliphatic heterocycles. The van der Waals surface area contributed by atoms with Gasteiger partial charge in [0.05, 0.1) is 13.3 Å². The van der Waals surface area contributed by atoms with Crippen LogP contribution in [0.2, 0.25) is 0 Å². The van der Waals surface area contributed by atoms with Crippen molar-refractivity contribution in [2.24, 2.45) is 5.41 Å². The molecular formula is C13H20N2O2. The minimum absolute atomic E-state index is 0.442. The van der Waals surface area contributed by atoms with Gasteiger partial charge in [0.1, 0.15) is 11.6 Å². The van der Waals surface area contributed by atoms with Crippen molar-refractivity contribution in [3.05, 3.63) is 18.3 Å². The van der Waals surface area contributed by atoms with E-state index in [0.29, 0.717) is 5.41 Å². The molecular weight excluding hydrogens is 216 g/mol. The summed E-state index contributed by atoms with van der Waals surface area (Å²) in [7, 11) is 3.41. The summed E-state index contributed by atoms with van der Waals surface area (Å²) in [6, 6.07) is 3.87. The zero-order valence-electron chi connectivity index (χ0n) is 10.5. The number of hydrogen-bond acceptors (Lipinski definition) is 4. The van der Waals surface area contributed by atoms with Crippen molar-refractivity contribution in [1.82, 2.24) is 4.98 Å². The van der Waals surface area contributed by atoms with Gasteiger partial charge in [-0.3, -0.25) is 0 Å². The van der Waals surface area contributed by atoms with Crippen LogP contribution in [0.15, 0.2) is 18.3 Å². The van der Waals surface area contributed by atoms with E-state index < -0.39 is 0 Å². The van der Waals surface area contributed by atoms with Gasteiger partial charge in [-0.05, 0) is 36.8 Å². The largest absolute Gasteiger partial charge is 0.495 e. The van der Waals surface area contributed by atoms with Gasteiger partial charge in [0.2, 0.25) is 0 Å². The van der Waals surface area contributed by atoms with Gasteiger partial charge in [-0.1, -0.05) is 0 Å².